The lowest BCUT2D eigenvalue weighted by molar-refractivity contribution is -0.142. The molecule has 0 saturated carbocycles. The number of hydrogen-bond donors (Lipinski definition) is 3. The molecule has 106 valence electrons. The molecule has 1 amide bonds. The highest BCUT2D eigenvalue weighted by molar-refractivity contribution is 5.96. The second kappa shape index (κ2) is 4.40. The van der Waals surface area contributed by atoms with Crippen LogP contribution in [0.4, 0.5) is 0 Å². The zero-order valence-corrected chi connectivity index (χ0v) is 10.7. The van der Waals surface area contributed by atoms with Crippen LogP contribution in [0.15, 0.2) is 18.2 Å². The highest BCUT2D eigenvalue weighted by Crippen LogP contribution is 2.42. The summed E-state index contributed by atoms with van der Waals surface area (Å²) in [6.45, 7) is 0. The lowest BCUT2D eigenvalue weighted by Crippen LogP contribution is -2.37. The number of carboxylic acids is 1. The highest BCUT2D eigenvalue weighted by Gasteiger charge is 2.51. The van der Waals surface area contributed by atoms with Crippen molar-refractivity contribution in [3.8, 4) is 11.5 Å². The quantitative estimate of drug-likeness (QED) is 0.705. The van der Waals surface area contributed by atoms with Gasteiger partial charge >= 0.3 is 5.97 Å². The fraction of sp³-hybridized carbons (Fsp3) is 0.429. The first kappa shape index (κ1) is 12.8. The summed E-state index contributed by atoms with van der Waals surface area (Å²) in [4.78, 5) is 25.3. The van der Waals surface area contributed by atoms with Crippen molar-refractivity contribution in [2.75, 3.05) is 0 Å². The molecule has 2 fully saturated rings. The topological polar surface area (TPSA) is 98.1 Å². The van der Waals surface area contributed by atoms with E-state index in [2.05, 4.69) is 0 Å². The molecule has 0 spiro atoms. The average Bonchev–Trinajstić information content (AvgIpc) is 2.98. The normalized spacial score (nSPS) is 27.8. The molecule has 2 aliphatic rings. The van der Waals surface area contributed by atoms with E-state index in [1.54, 1.807) is 4.90 Å². The average molecular weight is 277 g/mol. The van der Waals surface area contributed by atoms with Crippen molar-refractivity contribution in [2.45, 2.75) is 31.3 Å². The second-order valence-corrected chi connectivity index (χ2v) is 5.39. The van der Waals surface area contributed by atoms with Crippen LogP contribution in [0.3, 0.4) is 0 Å². The smallest absolute Gasteiger partial charge is 0.308 e. The van der Waals surface area contributed by atoms with Crippen LogP contribution in [0, 0.1) is 5.92 Å². The molecule has 3 unspecified atom stereocenters. The van der Waals surface area contributed by atoms with Gasteiger partial charge in [-0.2, -0.15) is 0 Å². The van der Waals surface area contributed by atoms with Crippen LogP contribution in [0.2, 0.25) is 0 Å². The number of benzene rings is 1. The lowest BCUT2D eigenvalue weighted by Gasteiger charge is -2.23. The van der Waals surface area contributed by atoms with Crippen molar-refractivity contribution in [2.24, 2.45) is 5.92 Å². The van der Waals surface area contributed by atoms with E-state index in [0.29, 0.717) is 12.8 Å². The Morgan fingerprint density at radius 3 is 2.50 bits per heavy atom. The maximum absolute atomic E-state index is 12.5. The summed E-state index contributed by atoms with van der Waals surface area (Å²) in [7, 11) is 0. The Kier molecular flexibility index (Phi) is 2.81. The standard InChI is InChI=1S/C14H15NO5/c16-11-4-1-7(5-12(11)17)13(18)15-8-2-3-10(15)9(6-8)14(19)20/h1,4-5,8-10,16-17H,2-3,6H2,(H,19,20). The van der Waals surface area contributed by atoms with E-state index in [-0.39, 0.29) is 35.1 Å². The highest BCUT2D eigenvalue weighted by atomic mass is 16.4. The molecule has 1 aromatic rings. The van der Waals surface area contributed by atoms with Crippen LogP contribution in [0.5, 0.6) is 11.5 Å². The largest absolute Gasteiger partial charge is 0.504 e. The monoisotopic (exact) mass is 277 g/mol. The molecule has 6 heteroatoms. The molecule has 6 nitrogen and oxygen atoms in total. The minimum absolute atomic E-state index is 0.0375. The number of hydrogen-bond acceptors (Lipinski definition) is 4. The zero-order valence-electron chi connectivity index (χ0n) is 10.7. The molecule has 2 bridgehead atoms. The molecular formula is C14H15NO5. The van der Waals surface area contributed by atoms with Crippen molar-refractivity contribution >= 4 is 11.9 Å². The van der Waals surface area contributed by atoms with E-state index in [4.69, 9.17) is 0 Å². The summed E-state index contributed by atoms with van der Waals surface area (Å²) in [5.74, 6) is -2.27. The number of carboxylic acid groups (broad SMARTS) is 1. The first-order valence-electron chi connectivity index (χ1n) is 6.56. The number of phenolic OH excluding ortho intramolecular Hbond substituents is 2. The third-order valence-electron chi connectivity index (χ3n) is 4.31. The van der Waals surface area contributed by atoms with Gasteiger partial charge in [0.1, 0.15) is 0 Å². The van der Waals surface area contributed by atoms with Crippen molar-refractivity contribution in [1.82, 2.24) is 4.90 Å². The SMILES string of the molecule is O=C(O)C1CC2CCC1N2C(=O)c1ccc(O)c(O)c1. The minimum atomic E-state index is -0.858. The maximum Gasteiger partial charge on any atom is 0.308 e. The zero-order chi connectivity index (χ0) is 14.4. The molecule has 2 aliphatic heterocycles. The van der Waals surface area contributed by atoms with E-state index in [1.807, 2.05) is 0 Å². The molecule has 0 aromatic heterocycles. The number of nitrogens with zero attached hydrogens (tertiary/aromatic N) is 1. The van der Waals surface area contributed by atoms with E-state index in [1.165, 1.54) is 18.2 Å². The number of aliphatic carboxylic acids is 1. The Bertz CT molecular complexity index is 585. The minimum Gasteiger partial charge on any atom is -0.504 e. The Morgan fingerprint density at radius 2 is 1.90 bits per heavy atom. The predicted octanol–water partition coefficient (Wildman–Crippen LogP) is 1.18. The van der Waals surface area contributed by atoms with Gasteiger partial charge in [0, 0.05) is 17.6 Å². The number of phenols is 2. The van der Waals surface area contributed by atoms with Crippen molar-refractivity contribution in [3.05, 3.63) is 23.8 Å². The summed E-state index contributed by atoms with van der Waals surface area (Å²) in [5.41, 5.74) is 0.267. The molecule has 0 radical (unpaired) electrons. The summed E-state index contributed by atoms with van der Waals surface area (Å²) < 4.78 is 0. The predicted molar refractivity (Wildman–Crippen MR) is 68.5 cm³/mol. The summed E-state index contributed by atoms with van der Waals surface area (Å²) in [6, 6.07) is 3.61. The van der Waals surface area contributed by atoms with Gasteiger partial charge < -0.3 is 20.2 Å². The van der Waals surface area contributed by atoms with Crippen LogP contribution in [0.25, 0.3) is 0 Å². The van der Waals surface area contributed by atoms with Gasteiger partial charge in [0.05, 0.1) is 5.92 Å². The van der Waals surface area contributed by atoms with Crippen molar-refractivity contribution < 1.29 is 24.9 Å². The number of aromatic hydroxyl groups is 2. The van der Waals surface area contributed by atoms with Gasteiger partial charge in [0.25, 0.3) is 5.91 Å². The summed E-state index contributed by atoms with van der Waals surface area (Å²) in [6.07, 6.45) is 2.03. The fourth-order valence-electron chi connectivity index (χ4n) is 3.38. The van der Waals surface area contributed by atoms with Gasteiger partial charge in [-0.1, -0.05) is 0 Å². The number of carbonyl (C=O) groups excluding carboxylic acids is 1. The van der Waals surface area contributed by atoms with Crippen molar-refractivity contribution in [1.29, 1.82) is 0 Å². The molecular weight excluding hydrogens is 262 g/mol. The molecule has 2 saturated heterocycles. The van der Waals surface area contributed by atoms with Crippen LogP contribution in [-0.2, 0) is 4.79 Å². The van der Waals surface area contributed by atoms with Crippen LogP contribution < -0.4 is 0 Å². The van der Waals surface area contributed by atoms with Crippen LogP contribution in [0.1, 0.15) is 29.6 Å². The Hall–Kier alpha value is -2.24. The first-order valence-corrected chi connectivity index (χ1v) is 6.56. The molecule has 3 rings (SSSR count). The van der Waals surface area contributed by atoms with Crippen LogP contribution in [-0.4, -0.2) is 44.2 Å². The van der Waals surface area contributed by atoms with Gasteiger partial charge in [-0.25, -0.2) is 0 Å². The van der Waals surface area contributed by atoms with Gasteiger partial charge in [-0.15, -0.1) is 0 Å². The van der Waals surface area contributed by atoms with Crippen molar-refractivity contribution in [3.63, 3.8) is 0 Å². The van der Waals surface area contributed by atoms with Gasteiger partial charge in [-0.05, 0) is 37.5 Å². The Labute approximate surface area is 115 Å². The molecule has 1 aromatic carbocycles. The maximum atomic E-state index is 12.5. The van der Waals surface area contributed by atoms with Gasteiger partial charge in [-0.3, -0.25) is 9.59 Å². The van der Waals surface area contributed by atoms with E-state index in [9.17, 15) is 24.9 Å². The third-order valence-corrected chi connectivity index (χ3v) is 4.31. The summed E-state index contributed by atoms with van der Waals surface area (Å²) >= 11 is 0. The third kappa shape index (κ3) is 1.79. The number of fused-ring (bicyclic) bond motifs is 2. The first-order chi connectivity index (χ1) is 9.49. The molecule has 3 atom stereocenters. The molecule has 2 heterocycles. The molecule has 3 N–H and O–H groups in total. The molecule has 0 aliphatic carbocycles. The van der Waals surface area contributed by atoms with Gasteiger partial charge in [0.15, 0.2) is 11.5 Å². The number of rotatable bonds is 2. The van der Waals surface area contributed by atoms with Gasteiger partial charge in [0.2, 0.25) is 0 Å². The van der Waals surface area contributed by atoms with Crippen LogP contribution >= 0.6 is 0 Å². The fourth-order valence-corrected chi connectivity index (χ4v) is 3.38. The summed E-state index contributed by atoms with van der Waals surface area (Å²) in [5, 5.41) is 27.9. The Balaban J connectivity index is 1.88. The molecule has 20 heavy (non-hydrogen) atoms. The van der Waals surface area contributed by atoms with E-state index >= 15 is 0 Å². The van der Waals surface area contributed by atoms with E-state index in [0.717, 1.165) is 6.42 Å². The second-order valence-electron chi connectivity index (χ2n) is 5.39. The lowest BCUT2D eigenvalue weighted by atomic mass is 9.89. The van der Waals surface area contributed by atoms with E-state index < -0.39 is 11.9 Å². The Morgan fingerprint density at radius 1 is 1.15 bits per heavy atom. The number of carbonyl (C=O) groups is 2. The number of amides is 1.